The summed E-state index contributed by atoms with van der Waals surface area (Å²) in [5.74, 6) is -0.460. The van der Waals surface area contributed by atoms with Crippen LogP contribution in [0.5, 0.6) is 0 Å². The van der Waals surface area contributed by atoms with Crippen molar-refractivity contribution in [2.75, 3.05) is 13.7 Å². The van der Waals surface area contributed by atoms with Crippen LogP contribution in [0.2, 0.25) is 0 Å². The van der Waals surface area contributed by atoms with Crippen molar-refractivity contribution in [1.29, 1.82) is 0 Å². The minimum absolute atomic E-state index is 0.200. The fourth-order valence-electron chi connectivity index (χ4n) is 2.77. The summed E-state index contributed by atoms with van der Waals surface area (Å²) in [6.45, 7) is 9.07. The van der Waals surface area contributed by atoms with Crippen molar-refractivity contribution in [3.63, 3.8) is 0 Å². The van der Waals surface area contributed by atoms with E-state index in [1.165, 1.54) is 0 Å². The molecule has 0 aromatic carbocycles. The summed E-state index contributed by atoms with van der Waals surface area (Å²) in [5, 5.41) is 9.29. The number of hydrogen-bond acceptors (Lipinski definition) is 3. The molecule has 17 heavy (non-hydrogen) atoms. The number of carbonyl (C=O) groups is 1. The van der Waals surface area contributed by atoms with Crippen molar-refractivity contribution in [3.8, 4) is 0 Å². The Kier molecular flexibility index (Phi) is 4.55. The Morgan fingerprint density at radius 2 is 2.18 bits per heavy atom. The molecule has 1 fully saturated rings. The normalized spacial score (nSPS) is 28.3. The van der Waals surface area contributed by atoms with Crippen LogP contribution in [-0.2, 0) is 9.53 Å². The molecule has 1 heterocycles. The lowest BCUT2D eigenvalue weighted by Crippen LogP contribution is -2.46. The first kappa shape index (κ1) is 14.5. The fraction of sp³-hybridized carbons (Fsp3) is 0.923. The predicted octanol–water partition coefficient (Wildman–Crippen LogP) is 1.98. The summed E-state index contributed by atoms with van der Waals surface area (Å²) in [7, 11) is 1.70. The first-order chi connectivity index (χ1) is 7.78. The molecule has 100 valence electrons. The van der Waals surface area contributed by atoms with Gasteiger partial charge in [-0.25, -0.2) is 0 Å². The van der Waals surface area contributed by atoms with E-state index in [1.54, 1.807) is 7.11 Å². The van der Waals surface area contributed by atoms with Gasteiger partial charge < -0.3 is 9.84 Å². The van der Waals surface area contributed by atoms with E-state index in [4.69, 9.17) is 4.74 Å². The van der Waals surface area contributed by atoms with Crippen LogP contribution >= 0.6 is 0 Å². The Morgan fingerprint density at radius 3 is 2.65 bits per heavy atom. The van der Waals surface area contributed by atoms with E-state index in [2.05, 4.69) is 11.8 Å². The zero-order valence-corrected chi connectivity index (χ0v) is 11.6. The molecule has 0 aliphatic carbocycles. The van der Waals surface area contributed by atoms with Crippen LogP contribution in [-0.4, -0.2) is 47.3 Å². The second-order valence-electron chi connectivity index (χ2n) is 5.80. The number of likely N-dealkylation sites (tertiary alicyclic amines) is 1. The third-order valence-electron chi connectivity index (χ3n) is 3.90. The standard InChI is InChI=1S/C13H25NO3/c1-9-6-7-14(11(9)12(15)16)10(2)8-13(3,4)17-5/h9-11H,6-8H2,1-5H3,(H,15,16). The highest BCUT2D eigenvalue weighted by atomic mass is 16.5. The van der Waals surface area contributed by atoms with Crippen molar-refractivity contribution in [2.24, 2.45) is 5.92 Å². The molecule has 0 bridgehead atoms. The van der Waals surface area contributed by atoms with Gasteiger partial charge in [0.05, 0.1) is 5.60 Å². The Balaban J connectivity index is 2.69. The van der Waals surface area contributed by atoms with Crippen LogP contribution in [0.3, 0.4) is 0 Å². The van der Waals surface area contributed by atoms with Gasteiger partial charge in [-0.1, -0.05) is 6.92 Å². The van der Waals surface area contributed by atoms with Crippen molar-refractivity contribution < 1.29 is 14.6 Å². The van der Waals surface area contributed by atoms with Gasteiger partial charge in [-0.3, -0.25) is 9.69 Å². The molecule has 1 saturated heterocycles. The Bertz CT molecular complexity index is 278. The molecule has 3 unspecified atom stereocenters. The number of carboxylic acid groups (broad SMARTS) is 1. The lowest BCUT2D eigenvalue weighted by molar-refractivity contribution is -0.144. The largest absolute Gasteiger partial charge is 0.480 e. The third-order valence-corrected chi connectivity index (χ3v) is 3.90. The van der Waals surface area contributed by atoms with Crippen LogP contribution in [0.15, 0.2) is 0 Å². The summed E-state index contributed by atoms with van der Waals surface area (Å²) < 4.78 is 5.42. The zero-order chi connectivity index (χ0) is 13.2. The van der Waals surface area contributed by atoms with Gasteiger partial charge >= 0.3 is 5.97 Å². The number of nitrogens with zero attached hydrogens (tertiary/aromatic N) is 1. The minimum atomic E-state index is -0.697. The van der Waals surface area contributed by atoms with Gasteiger partial charge in [0.1, 0.15) is 6.04 Å². The van der Waals surface area contributed by atoms with E-state index < -0.39 is 5.97 Å². The molecule has 3 atom stereocenters. The average Bonchev–Trinajstić information content (AvgIpc) is 2.59. The maximum Gasteiger partial charge on any atom is 0.321 e. The molecule has 1 rings (SSSR count). The van der Waals surface area contributed by atoms with Gasteiger partial charge in [0.2, 0.25) is 0 Å². The number of methoxy groups -OCH3 is 1. The molecule has 0 radical (unpaired) electrons. The molecule has 0 aromatic heterocycles. The monoisotopic (exact) mass is 243 g/mol. The highest BCUT2D eigenvalue weighted by Crippen LogP contribution is 2.29. The van der Waals surface area contributed by atoms with Crippen LogP contribution in [0.1, 0.15) is 40.5 Å². The molecular weight excluding hydrogens is 218 g/mol. The van der Waals surface area contributed by atoms with Crippen molar-refractivity contribution in [1.82, 2.24) is 4.90 Å². The van der Waals surface area contributed by atoms with E-state index in [9.17, 15) is 9.90 Å². The molecule has 1 aliphatic heterocycles. The van der Waals surface area contributed by atoms with Gasteiger partial charge in [-0.2, -0.15) is 0 Å². The maximum absolute atomic E-state index is 11.3. The van der Waals surface area contributed by atoms with Crippen LogP contribution in [0.25, 0.3) is 0 Å². The van der Waals surface area contributed by atoms with Crippen molar-refractivity contribution in [3.05, 3.63) is 0 Å². The second-order valence-corrected chi connectivity index (χ2v) is 5.80. The molecule has 0 spiro atoms. The number of hydrogen-bond donors (Lipinski definition) is 1. The summed E-state index contributed by atoms with van der Waals surface area (Å²) in [6.07, 6.45) is 1.81. The number of ether oxygens (including phenoxy) is 1. The zero-order valence-electron chi connectivity index (χ0n) is 11.6. The van der Waals surface area contributed by atoms with Gasteiger partial charge in [-0.15, -0.1) is 0 Å². The van der Waals surface area contributed by atoms with Crippen LogP contribution in [0.4, 0.5) is 0 Å². The van der Waals surface area contributed by atoms with Gasteiger partial charge in [0.15, 0.2) is 0 Å². The van der Waals surface area contributed by atoms with E-state index >= 15 is 0 Å². The minimum Gasteiger partial charge on any atom is -0.480 e. The lowest BCUT2D eigenvalue weighted by Gasteiger charge is -2.34. The Hall–Kier alpha value is -0.610. The summed E-state index contributed by atoms with van der Waals surface area (Å²) in [6, 6.07) is -0.103. The first-order valence-corrected chi connectivity index (χ1v) is 6.32. The van der Waals surface area contributed by atoms with Crippen LogP contribution in [0, 0.1) is 5.92 Å². The third kappa shape index (κ3) is 3.42. The SMILES string of the molecule is COC(C)(C)CC(C)N1CCC(C)C1C(=O)O. The predicted molar refractivity (Wildman–Crippen MR) is 67.1 cm³/mol. The van der Waals surface area contributed by atoms with E-state index in [1.807, 2.05) is 20.8 Å². The van der Waals surface area contributed by atoms with Crippen LogP contribution < -0.4 is 0 Å². The number of carboxylic acids is 1. The smallest absolute Gasteiger partial charge is 0.321 e. The van der Waals surface area contributed by atoms with E-state index in [0.717, 1.165) is 19.4 Å². The first-order valence-electron chi connectivity index (χ1n) is 6.32. The molecule has 0 saturated carbocycles. The number of rotatable bonds is 5. The molecule has 0 aromatic rings. The summed E-state index contributed by atoms with van der Waals surface area (Å²) in [4.78, 5) is 13.4. The second kappa shape index (κ2) is 5.36. The topological polar surface area (TPSA) is 49.8 Å². The van der Waals surface area contributed by atoms with Gasteiger partial charge in [0.25, 0.3) is 0 Å². The van der Waals surface area contributed by atoms with Crippen molar-refractivity contribution in [2.45, 2.75) is 58.2 Å². The number of aliphatic carboxylic acids is 1. The van der Waals surface area contributed by atoms with E-state index in [0.29, 0.717) is 0 Å². The van der Waals surface area contributed by atoms with Gasteiger partial charge in [0, 0.05) is 13.2 Å². The van der Waals surface area contributed by atoms with Crippen molar-refractivity contribution >= 4 is 5.97 Å². The highest BCUT2D eigenvalue weighted by Gasteiger charge is 2.40. The quantitative estimate of drug-likeness (QED) is 0.802. The molecule has 1 N–H and O–H groups in total. The Labute approximate surface area is 104 Å². The molecule has 4 heteroatoms. The summed E-state index contributed by atoms with van der Waals surface area (Å²) >= 11 is 0. The highest BCUT2D eigenvalue weighted by molar-refractivity contribution is 5.74. The average molecular weight is 243 g/mol. The molecule has 0 amide bonds. The fourth-order valence-corrected chi connectivity index (χ4v) is 2.77. The maximum atomic E-state index is 11.3. The molecule has 1 aliphatic rings. The molecule has 4 nitrogen and oxygen atoms in total. The lowest BCUT2D eigenvalue weighted by atomic mass is 9.97. The Morgan fingerprint density at radius 1 is 1.59 bits per heavy atom. The molecular formula is C13H25NO3. The summed E-state index contributed by atoms with van der Waals surface area (Å²) in [5.41, 5.74) is -0.200. The van der Waals surface area contributed by atoms with E-state index in [-0.39, 0.29) is 23.6 Å². The van der Waals surface area contributed by atoms with Gasteiger partial charge in [-0.05, 0) is 46.1 Å².